The molecule has 69 heavy (non-hydrogen) atoms. The van der Waals surface area contributed by atoms with Crippen molar-refractivity contribution in [1.82, 2.24) is 0 Å². The Bertz CT molecular complexity index is 1260. The van der Waals surface area contributed by atoms with Crippen molar-refractivity contribution in [3.05, 3.63) is 36.5 Å². The van der Waals surface area contributed by atoms with Crippen LogP contribution in [0, 0.1) is 0 Å². The van der Waals surface area contributed by atoms with E-state index in [1.54, 1.807) is 0 Å². The third-order valence-electron chi connectivity index (χ3n) is 12.9. The number of esters is 2. The van der Waals surface area contributed by atoms with Gasteiger partial charge < -0.3 is 18.9 Å². The van der Waals surface area contributed by atoms with E-state index in [-0.39, 0.29) is 32.0 Å². The SMILES string of the molecule is CCCCCCC/C=C\C/C=C\CCCCCCCCCCCCCCCCCCCCCC(=O)OC(COC(=O)CCCCCCC/C=C\CCCCCCC)COP(=O)(O)OCC[N+](C)(C)C. The van der Waals surface area contributed by atoms with Gasteiger partial charge in [0.2, 0.25) is 0 Å². The van der Waals surface area contributed by atoms with Gasteiger partial charge in [-0.3, -0.25) is 18.6 Å². The molecule has 2 atom stereocenters. The summed E-state index contributed by atoms with van der Waals surface area (Å²) < 4.78 is 34.5. The van der Waals surface area contributed by atoms with Crippen molar-refractivity contribution < 1.29 is 42.1 Å². The van der Waals surface area contributed by atoms with Gasteiger partial charge in [0.25, 0.3) is 0 Å². The number of allylic oxidation sites excluding steroid dienone is 6. The first-order chi connectivity index (χ1) is 33.5. The number of quaternary nitrogens is 1. The van der Waals surface area contributed by atoms with Gasteiger partial charge in [-0.05, 0) is 70.6 Å². The molecule has 0 aliphatic rings. The quantitative estimate of drug-likeness (QED) is 0.0211. The Morgan fingerprint density at radius 2 is 0.783 bits per heavy atom. The molecule has 0 radical (unpaired) electrons. The lowest BCUT2D eigenvalue weighted by molar-refractivity contribution is -0.870. The molecule has 0 rings (SSSR count). The van der Waals surface area contributed by atoms with Crippen molar-refractivity contribution in [2.75, 3.05) is 47.5 Å². The molecule has 0 fully saturated rings. The monoisotopic (exact) mass is 995 g/mol. The molecule has 0 aromatic heterocycles. The summed E-state index contributed by atoms with van der Waals surface area (Å²) in [7, 11) is 1.48. The zero-order chi connectivity index (χ0) is 50.6. The topological polar surface area (TPSA) is 108 Å². The van der Waals surface area contributed by atoms with E-state index in [1.165, 1.54) is 186 Å². The van der Waals surface area contributed by atoms with E-state index >= 15 is 0 Å². The number of carbonyl (C=O) groups excluding carboxylic acids is 2. The Morgan fingerprint density at radius 1 is 0.449 bits per heavy atom. The molecule has 0 saturated carbocycles. The second-order valence-corrected chi connectivity index (χ2v) is 22.5. The van der Waals surface area contributed by atoms with E-state index in [0.29, 0.717) is 17.4 Å². The van der Waals surface area contributed by atoms with Crippen molar-refractivity contribution in [2.24, 2.45) is 0 Å². The van der Waals surface area contributed by atoms with Crippen LogP contribution in [0.1, 0.15) is 277 Å². The standard InChI is InChI=1S/C59H112NO8P/c1-6-8-10-12-14-16-18-20-22-23-24-25-26-27-28-29-30-31-32-33-34-35-36-37-38-40-42-44-46-48-50-52-59(62)68-57(56-67-69(63,64)66-54-53-60(3,4)5)55-65-58(61)51-49-47-45-43-41-39-21-19-17-15-13-11-9-7-2/h18-21,23-24,57H,6-17,22,25-56H2,1-5H3/p+1/b20-18-,21-19-,24-23-. The Labute approximate surface area is 427 Å². The number of phosphoric acid groups is 1. The first-order valence-electron chi connectivity index (χ1n) is 29.2. The Kier molecular flexibility index (Phi) is 49.8. The molecule has 2 unspecified atom stereocenters. The summed E-state index contributed by atoms with van der Waals surface area (Å²) in [5.41, 5.74) is 0. The lowest BCUT2D eigenvalue weighted by atomic mass is 10.0. The van der Waals surface area contributed by atoms with E-state index in [0.717, 1.165) is 57.8 Å². The van der Waals surface area contributed by atoms with Crippen LogP contribution in [0.5, 0.6) is 0 Å². The van der Waals surface area contributed by atoms with Crippen LogP contribution in [0.15, 0.2) is 36.5 Å². The second-order valence-electron chi connectivity index (χ2n) is 21.0. The molecule has 0 spiro atoms. The number of hydrogen-bond acceptors (Lipinski definition) is 7. The average Bonchev–Trinajstić information content (AvgIpc) is 3.31. The summed E-state index contributed by atoms with van der Waals surface area (Å²) in [5, 5.41) is 0. The van der Waals surface area contributed by atoms with Crippen LogP contribution in [-0.2, 0) is 32.7 Å². The molecule has 10 heteroatoms. The third-order valence-corrected chi connectivity index (χ3v) is 13.9. The largest absolute Gasteiger partial charge is 0.472 e. The van der Waals surface area contributed by atoms with Gasteiger partial charge in [0, 0.05) is 12.8 Å². The highest BCUT2D eigenvalue weighted by Gasteiger charge is 2.27. The van der Waals surface area contributed by atoms with E-state index in [1.807, 2.05) is 21.1 Å². The van der Waals surface area contributed by atoms with Gasteiger partial charge in [0.1, 0.15) is 19.8 Å². The van der Waals surface area contributed by atoms with Crippen molar-refractivity contribution >= 4 is 19.8 Å². The first-order valence-corrected chi connectivity index (χ1v) is 30.7. The molecular weight excluding hydrogens is 882 g/mol. The van der Waals surface area contributed by atoms with E-state index in [4.69, 9.17) is 18.5 Å². The fourth-order valence-electron chi connectivity index (χ4n) is 8.34. The van der Waals surface area contributed by atoms with Crippen LogP contribution in [0.4, 0.5) is 0 Å². The Morgan fingerprint density at radius 3 is 1.16 bits per heavy atom. The lowest BCUT2D eigenvalue weighted by Crippen LogP contribution is -2.37. The number of nitrogens with zero attached hydrogens (tertiary/aromatic N) is 1. The highest BCUT2D eigenvalue weighted by atomic mass is 31.2. The van der Waals surface area contributed by atoms with Gasteiger partial charge in [-0.2, -0.15) is 0 Å². The Hall–Kier alpha value is -1.77. The summed E-state index contributed by atoms with van der Waals surface area (Å²) in [5.74, 6) is -0.796. The predicted octanol–water partition coefficient (Wildman–Crippen LogP) is 18.0. The fourth-order valence-corrected chi connectivity index (χ4v) is 9.08. The van der Waals surface area contributed by atoms with Crippen LogP contribution >= 0.6 is 7.82 Å². The summed E-state index contributed by atoms with van der Waals surface area (Å²) in [6.07, 6.45) is 62.2. The Balaban J connectivity index is 4.03. The highest BCUT2D eigenvalue weighted by molar-refractivity contribution is 7.47. The summed E-state index contributed by atoms with van der Waals surface area (Å²) in [6.45, 7) is 4.43. The van der Waals surface area contributed by atoms with Gasteiger partial charge in [0.15, 0.2) is 6.10 Å². The number of likely N-dealkylation sites (N-methyl/N-ethyl adjacent to an activating group) is 1. The lowest BCUT2D eigenvalue weighted by Gasteiger charge is -2.24. The molecular formula is C59H113NO8P+. The van der Waals surface area contributed by atoms with Crippen LogP contribution < -0.4 is 0 Å². The minimum atomic E-state index is -4.38. The smallest absolute Gasteiger partial charge is 0.462 e. The maximum Gasteiger partial charge on any atom is 0.472 e. The normalized spacial score (nSPS) is 13.5. The zero-order valence-corrected chi connectivity index (χ0v) is 47.0. The number of ether oxygens (including phenoxy) is 2. The zero-order valence-electron chi connectivity index (χ0n) is 46.1. The molecule has 0 aromatic carbocycles. The van der Waals surface area contributed by atoms with Crippen LogP contribution in [0.3, 0.4) is 0 Å². The predicted molar refractivity (Wildman–Crippen MR) is 294 cm³/mol. The van der Waals surface area contributed by atoms with Crippen molar-refractivity contribution in [3.8, 4) is 0 Å². The summed E-state index contributed by atoms with van der Waals surface area (Å²) in [4.78, 5) is 35.6. The molecule has 9 nitrogen and oxygen atoms in total. The fraction of sp³-hybridized carbons (Fsp3) is 0.864. The summed E-state index contributed by atoms with van der Waals surface area (Å²) >= 11 is 0. The number of hydrogen-bond donors (Lipinski definition) is 1. The minimum Gasteiger partial charge on any atom is -0.462 e. The highest BCUT2D eigenvalue weighted by Crippen LogP contribution is 2.43. The number of rotatable bonds is 54. The molecule has 0 bridgehead atoms. The van der Waals surface area contributed by atoms with Crippen molar-refractivity contribution in [1.29, 1.82) is 0 Å². The molecule has 406 valence electrons. The van der Waals surface area contributed by atoms with Gasteiger partial charge in [-0.15, -0.1) is 0 Å². The van der Waals surface area contributed by atoms with E-state index in [2.05, 4.69) is 50.3 Å². The maximum absolute atomic E-state index is 12.8. The second kappa shape index (κ2) is 51.1. The molecule has 0 saturated heterocycles. The third kappa shape index (κ3) is 55.4. The molecule has 0 aliphatic heterocycles. The van der Waals surface area contributed by atoms with Crippen LogP contribution in [0.2, 0.25) is 0 Å². The first kappa shape index (κ1) is 67.2. The molecule has 0 heterocycles. The van der Waals surface area contributed by atoms with E-state index < -0.39 is 26.5 Å². The van der Waals surface area contributed by atoms with Crippen molar-refractivity contribution in [3.63, 3.8) is 0 Å². The van der Waals surface area contributed by atoms with Crippen LogP contribution in [-0.4, -0.2) is 74.9 Å². The molecule has 1 N–H and O–H groups in total. The number of unbranched alkanes of at least 4 members (excludes halogenated alkanes) is 34. The van der Waals surface area contributed by atoms with E-state index in [9.17, 15) is 19.0 Å². The van der Waals surface area contributed by atoms with Gasteiger partial charge in [-0.25, -0.2) is 4.57 Å². The van der Waals surface area contributed by atoms with Gasteiger partial charge in [0.05, 0.1) is 27.7 Å². The molecule has 0 aromatic rings. The number of phosphoric ester groups is 1. The summed E-state index contributed by atoms with van der Waals surface area (Å²) in [6, 6.07) is 0. The van der Waals surface area contributed by atoms with Gasteiger partial charge in [-0.1, -0.05) is 230 Å². The number of carbonyl (C=O) groups is 2. The maximum atomic E-state index is 12.8. The molecule has 0 aliphatic carbocycles. The average molecular weight is 996 g/mol. The minimum absolute atomic E-state index is 0.0321. The molecule has 0 amide bonds. The van der Waals surface area contributed by atoms with Gasteiger partial charge >= 0.3 is 19.8 Å². The van der Waals surface area contributed by atoms with Crippen molar-refractivity contribution in [2.45, 2.75) is 283 Å². The van der Waals surface area contributed by atoms with Crippen LogP contribution in [0.25, 0.3) is 0 Å².